The van der Waals surface area contributed by atoms with E-state index in [0.29, 0.717) is 29.8 Å². The van der Waals surface area contributed by atoms with E-state index >= 15 is 0 Å². The Morgan fingerprint density at radius 2 is 2.05 bits per heavy atom. The average molecular weight is 312 g/mol. The number of carbonyl (C=O) groups is 1. The Hall–Kier alpha value is -1.49. The smallest absolute Gasteiger partial charge is 0.410 e. The van der Waals surface area contributed by atoms with Gasteiger partial charge in [-0.15, -0.1) is 0 Å². The summed E-state index contributed by atoms with van der Waals surface area (Å²) in [6, 6.07) is 1.68. The maximum Gasteiger partial charge on any atom is 0.410 e. The molecule has 1 aliphatic rings. The summed E-state index contributed by atoms with van der Waals surface area (Å²) in [7, 11) is 0. The van der Waals surface area contributed by atoms with Crippen LogP contribution in [0.3, 0.4) is 0 Å². The van der Waals surface area contributed by atoms with Gasteiger partial charge in [0.05, 0.1) is 0 Å². The zero-order valence-corrected chi connectivity index (χ0v) is 13.5. The van der Waals surface area contributed by atoms with Crippen LogP contribution in [-0.2, 0) is 4.74 Å². The molecule has 1 fully saturated rings. The van der Waals surface area contributed by atoms with Gasteiger partial charge < -0.3 is 15.4 Å². The number of piperidine rings is 1. The van der Waals surface area contributed by atoms with Gasteiger partial charge in [0, 0.05) is 25.0 Å². The largest absolute Gasteiger partial charge is 0.444 e. The summed E-state index contributed by atoms with van der Waals surface area (Å²) in [6.07, 6.45) is 3.20. The number of hydrogen-bond acceptors (Lipinski definition) is 4. The Labute approximate surface area is 130 Å². The molecule has 0 aliphatic carbocycles. The number of amides is 1. The topological polar surface area (TPSA) is 68.5 Å². The molecule has 2 N–H and O–H groups in total. The van der Waals surface area contributed by atoms with Gasteiger partial charge in [-0.05, 0) is 51.2 Å². The molecule has 0 spiro atoms. The number of nitrogens with two attached hydrogens (primary N) is 1. The monoisotopic (exact) mass is 311 g/mol. The Kier molecular flexibility index (Phi) is 4.61. The van der Waals surface area contributed by atoms with Crippen LogP contribution in [0, 0.1) is 0 Å². The van der Waals surface area contributed by atoms with E-state index in [2.05, 4.69) is 4.98 Å². The number of aromatic nitrogens is 1. The first-order valence-electron chi connectivity index (χ1n) is 7.15. The van der Waals surface area contributed by atoms with E-state index in [1.54, 1.807) is 17.2 Å². The van der Waals surface area contributed by atoms with Crippen LogP contribution in [0.5, 0.6) is 0 Å². The van der Waals surface area contributed by atoms with Crippen molar-refractivity contribution in [2.75, 3.05) is 18.8 Å². The summed E-state index contributed by atoms with van der Waals surface area (Å²) in [5, 5.41) is 0.405. The van der Waals surface area contributed by atoms with E-state index in [1.807, 2.05) is 20.8 Å². The molecule has 0 bridgehead atoms. The van der Waals surface area contributed by atoms with Crippen molar-refractivity contribution in [2.24, 2.45) is 0 Å². The Morgan fingerprint density at radius 1 is 1.43 bits per heavy atom. The molecular weight excluding hydrogens is 290 g/mol. The van der Waals surface area contributed by atoms with Crippen molar-refractivity contribution < 1.29 is 9.53 Å². The average Bonchev–Trinajstić information content (AvgIpc) is 2.37. The van der Waals surface area contributed by atoms with Crippen LogP contribution in [-0.4, -0.2) is 34.7 Å². The van der Waals surface area contributed by atoms with Crippen molar-refractivity contribution in [3.05, 3.63) is 23.0 Å². The van der Waals surface area contributed by atoms with Crippen molar-refractivity contribution in [2.45, 2.75) is 45.1 Å². The molecule has 0 aromatic carbocycles. The maximum absolute atomic E-state index is 12.0. The van der Waals surface area contributed by atoms with Gasteiger partial charge in [0.15, 0.2) is 0 Å². The lowest BCUT2D eigenvalue weighted by molar-refractivity contribution is 0.0205. The van der Waals surface area contributed by atoms with Crippen LogP contribution in [0.2, 0.25) is 5.15 Å². The van der Waals surface area contributed by atoms with Gasteiger partial charge >= 0.3 is 6.09 Å². The lowest BCUT2D eigenvalue weighted by Crippen LogP contribution is -2.41. The summed E-state index contributed by atoms with van der Waals surface area (Å²) < 4.78 is 5.39. The van der Waals surface area contributed by atoms with E-state index in [9.17, 15) is 4.79 Å². The van der Waals surface area contributed by atoms with Gasteiger partial charge in [-0.3, -0.25) is 0 Å². The normalized spacial score (nSPS) is 16.9. The number of likely N-dealkylation sites (tertiary alicyclic amines) is 1. The number of pyridine rings is 1. The number of anilines is 1. The summed E-state index contributed by atoms with van der Waals surface area (Å²) in [6.45, 7) is 6.95. The molecule has 21 heavy (non-hydrogen) atoms. The van der Waals surface area contributed by atoms with Crippen LogP contribution in [0.1, 0.15) is 45.1 Å². The van der Waals surface area contributed by atoms with Gasteiger partial charge in [-0.1, -0.05) is 11.6 Å². The minimum absolute atomic E-state index is 0.247. The SMILES string of the molecule is CC(C)(C)OC(=O)N1CCC(c2cnc(Cl)cc2N)CC1. The fourth-order valence-corrected chi connectivity index (χ4v) is 2.66. The van der Waals surface area contributed by atoms with E-state index in [-0.39, 0.29) is 6.09 Å². The Balaban J connectivity index is 1.95. The zero-order chi connectivity index (χ0) is 15.6. The van der Waals surface area contributed by atoms with Crippen LogP contribution in [0.4, 0.5) is 10.5 Å². The number of halogens is 1. The minimum Gasteiger partial charge on any atom is -0.444 e. The number of rotatable bonds is 1. The highest BCUT2D eigenvalue weighted by molar-refractivity contribution is 6.29. The van der Waals surface area contributed by atoms with Gasteiger partial charge in [0.1, 0.15) is 10.8 Å². The lowest BCUT2D eigenvalue weighted by Gasteiger charge is -2.33. The fraction of sp³-hybridized carbons (Fsp3) is 0.600. The van der Waals surface area contributed by atoms with Crippen molar-refractivity contribution in [3.8, 4) is 0 Å². The predicted octanol–water partition coefficient (Wildman–Crippen LogP) is 3.43. The second kappa shape index (κ2) is 6.10. The first-order valence-corrected chi connectivity index (χ1v) is 7.53. The molecule has 0 atom stereocenters. The van der Waals surface area contributed by atoms with E-state index < -0.39 is 5.60 Å². The van der Waals surface area contributed by atoms with Crippen molar-refractivity contribution >= 4 is 23.4 Å². The first kappa shape index (κ1) is 15.9. The molecule has 1 aromatic rings. The van der Waals surface area contributed by atoms with Gasteiger partial charge in [-0.2, -0.15) is 0 Å². The Bertz CT molecular complexity index is 520. The molecule has 116 valence electrons. The van der Waals surface area contributed by atoms with Gasteiger partial charge in [-0.25, -0.2) is 9.78 Å². The van der Waals surface area contributed by atoms with E-state index in [1.165, 1.54) is 0 Å². The molecular formula is C15H22ClN3O2. The maximum atomic E-state index is 12.0. The number of carbonyl (C=O) groups excluding carboxylic acids is 1. The summed E-state index contributed by atoms with van der Waals surface area (Å²) >= 11 is 5.82. The standard InChI is InChI=1S/C15H22ClN3O2/c1-15(2,3)21-14(20)19-6-4-10(5-7-19)11-9-18-13(16)8-12(11)17/h8-10H,4-7H2,1-3H3,(H2,17,18). The number of ether oxygens (including phenoxy) is 1. The third-order valence-corrected chi connectivity index (χ3v) is 3.73. The molecule has 2 rings (SSSR count). The quantitative estimate of drug-likeness (QED) is 0.807. The number of nitrogens with zero attached hydrogens (tertiary/aromatic N) is 2. The third-order valence-electron chi connectivity index (χ3n) is 3.52. The molecule has 0 unspecified atom stereocenters. The molecule has 1 aromatic heterocycles. The first-order chi connectivity index (χ1) is 9.76. The number of nitrogen functional groups attached to an aromatic ring is 1. The van der Waals surface area contributed by atoms with Crippen LogP contribution in [0.25, 0.3) is 0 Å². The van der Waals surface area contributed by atoms with Gasteiger partial charge in [0.2, 0.25) is 0 Å². The molecule has 5 nitrogen and oxygen atoms in total. The molecule has 0 radical (unpaired) electrons. The molecule has 0 saturated carbocycles. The van der Waals surface area contributed by atoms with E-state index in [0.717, 1.165) is 18.4 Å². The summed E-state index contributed by atoms with van der Waals surface area (Å²) in [5.41, 5.74) is 7.23. The second-order valence-corrected chi connectivity index (χ2v) is 6.76. The molecule has 1 amide bonds. The summed E-state index contributed by atoms with van der Waals surface area (Å²) in [4.78, 5) is 17.9. The van der Waals surface area contributed by atoms with Crippen molar-refractivity contribution in [3.63, 3.8) is 0 Å². The molecule has 6 heteroatoms. The van der Waals surface area contributed by atoms with Crippen LogP contribution < -0.4 is 5.73 Å². The van der Waals surface area contributed by atoms with Crippen molar-refractivity contribution in [1.29, 1.82) is 0 Å². The predicted molar refractivity (Wildman–Crippen MR) is 83.4 cm³/mol. The summed E-state index contributed by atoms with van der Waals surface area (Å²) in [5.74, 6) is 0.313. The highest BCUT2D eigenvalue weighted by Crippen LogP contribution is 2.32. The van der Waals surface area contributed by atoms with Gasteiger partial charge in [0.25, 0.3) is 0 Å². The minimum atomic E-state index is -0.460. The second-order valence-electron chi connectivity index (χ2n) is 6.38. The lowest BCUT2D eigenvalue weighted by atomic mass is 9.89. The Morgan fingerprint density at radius 3 is 2.57 bits per heavy atom. The van der Waals surface area contributed by atoms with Crippen LogP contribution >= 0.6 is 11.6 Å². The highest BCUT2D eigenvalue weighted by Gasteiger charge is 2.28. The molecule has 1 saturated heterocycles. The zero-order valence-electron chi connectivity index (χ0n) is 12.7. The third kappa shape index (κ3) is 4.24. The van der Waals surface area contributed by atoms with Crippen molar-refractivity contribution in [1.82, 2.24) is 9.88 Å². The van der Waals surface area contributed by atoms with E-state index in [4.69, 9.17) is 22.1 Å². The number of hydrogen-bond donors (Lipinski definition) is 1. The van der Waals surface area contributed by atoms with Crippen LogP contribution in [0.15, 0.2) is 12.3 Å². The molecule has 1 aliphatic heterocycles. The highest BCUT2D eigenvalue weighted by atomic mass is 35.5. The fourth-order valence-electron chi connectivity index (χ4n) is 2.50. The molecule has 2 heterocycles.